The summed E-state index contributed by atoms with van der Waals surface area (Å²) < 4.78 is 6.23. The average Bonchev–Trinajstić information content (AvgIpc) is 2.25. The predicted molar refractivity (Wildman–Crippen MR) is 66.0 cm³/mol. The highest BCUT2D eigenvalue weighted by Gasteiger charge is 2.17. The van der Waals surface area contributed by atoms with E-state index in [0.29, 0.717) is 21.2 Å². The second-order valence-corrected chi connectivity index (χ2v) is 4.57. The topological polar surface area (TPSA) is 81.5 Å². The molecule has 1 aromatic rings. The van der Waals surface area contributed by atoms with Crippen molar-refractivity contribution < 1.29 is 9.84 Å². The molecule has 15 heavy (non-hydrogen) atoms. The summed E-state index contributed by atoms with van der Waals surface area (Å²) in [5.74, 6) is 0.404. The first-order valence-corrected chi connectivity index (χ1v) is 5.82. The second kappa shape index (κ2) is 5.16. The summed E-state index contributed by atoms with van der Waals surface area (Å²) in [4.78, 5) is 0. The maximum Gasteiger partial charge on any atom is 0.173 e. The number of nitrogens with two attached hydrogens (primary N) is 2. The van der Waals surface area contributed by atoms with Gasteiger partial charge in [-0.15, -0.1) is 0 Å². The van der Waals surface area contributed by atoms with Crippen LogP contribution in [-0.2, 0) is 0 Å². The predicted octanol–water partition coefficient (Wildman–Crippen LogP) is 1.88. The highest BCUT2D eigenvalue weighted by atomic mass is 79.9. The minimum absolute atomic E-state index is 0.0392. The fourth-order valence-corrected chi connectivity index (χ4v) is 2.18. The molecule has 5 N–H and O–H groups in total. The Balaban J connectivity index is 3.35. The Bertz CT molecular complexity index is 372. The van der Waals surface area contributed by atoms with Gasteiger partial charge in [0.2, 0.25) is 0 Å². The van der Waals surface area contributed by atoms with Crippen LogP contribution in [0.3, 0.4) is 0 Å². The molecule has 1 rings (SSSR count). The molecule has 4 nitrogen and oxygen atoms in total. The molecule has 0 aliphatic carbocycles. The van der Waals surface area contributed by atoms with E-state index in [1.165, 1.54) is 7.11 Å². The van der Waals surface area contributed by atoms with E-state index in [0.717, 1.165) is 5.56 Å². The van der Waals surface area contributed by atoms with Crippen LogP contribution in [0.4, 0.5) is 0 Å². The lowest BCUT2D eigenvalue weighted by atomic mass is 10.1. The summed E-state index contributed by atoms with van der Waals surface area (Å²) in [5.41, 5.74) is 12.1. The third-order valence-corrected chi connectivity index (χ3v) is 4.21. The number of hydrogen-bond donors (Lipinski definition) is 3. The first-order chi connectivity index (χ1) is 7.02. The number of rotatable bonds is 3. The van der Waals surface area contributed by atoms with Crippen LogP contribution in [-0.4, -0.2) is 18.8 Å². The third kappa shape index (κ3) is 2.44. The fourth-order valence-electron chi connectivity index (χ4n) is 1.16. The smallest absolute Gasteiger partial charge is 0.173 e. The highest BCUT2D eigenvalue weighted by molar-refractivity contribution is 9.13. The van der Waals surface area contributed by atoms with Crippen LogP contribution in [0.2, 0.25) is 0 Å². The van der Waals surface area contributed by atoms with Gasteiger partial charge in [-0.05, 0) is 43.5 Å². The van der Waals surface area contributed by atoms with Crippen LogP contribution in [0.25, 0.3) is 0 Å². The van der Waals surface area contributed by atoms with Crippen LogP contribution < -0.4 is 16.2 Å². The van der Waals surface area contributed by atoms with Crippen LogP contribution >= 0.6 is 31.9 Å². The minimum Gasteiger partial charge on any atom is -0.503 e. The Morgan fingerprint density at radius 3 is 2.53 bits per heavy atom. The summed E-state index contributed by atoms with van der Waals surface area (Å²) in [6.07, 6.45) is 0. The molecule has 0 unspecified atom stereocenters. The number of phenolic OH excluding ortho intramolecular Hbond substituents is 1. The Labute approximate surface area is 105 Å². The minimum atomic E-state index is -0.301. The van der Waals surface area contributed by atoms with E-state index in [1.54, 1.807) is 6.07 Å². The second-order valence-electron chi connectivity index (χ2n) is 2.99. The van der Waals surface area contributed by atoms with Gasteiger partial charge in [-0.25, -0.2) is 0 Å². The van der Waals surface area contributed by atoms with Crippen molar-refractivity contribution in [1.82, 2.24) is 0 Å². The van der Waals surface area contributed by atoms with Crippen LogP contribution in [0.5, 0.6) is 11.5 Å². The molecule has 0 saturated carbocycles. The van der Waals surface area contributed by atoms with Crippen LogP contribution in [0.15, 0.2) is 15.0 Å². The molecule has 84 valence electrons. The van der Waals surface area contributed by atoms with Crippen molar-refractivity contribution in [3.05, 3.63) is 20.6 Å². The van der Waals surface area contributed by atoms with Gasteiger partial charge in [-0.3, -0.25) is 0 Å². The van der Waals surface area contributed by atoms with Crippen molar-refractivity contribution in [2.24, 2.45) is 11.5 Å². The number of hydrogen-bond acceptors (Lipinski definition) is 4. The van der Waals surface area contributed by atoms with Crippen molar-refractivity contribution in [1.29, 1.82) is 0 Å². The van der Waals surface area contributed by atoms with Gasteiger partial charge < -0.3 is 21.3 Å². The Morgan fingerprint density at radius 2 is 2.07 bits per heavy atom. The maximum atomic E-state index is 9.68. The number of halogens is 2. The van der Waals surface area contributed by atoms with E-state index < -0.39 is 0 Å². The lowest BCUT2D eigenvalue weighted by Crippen LogP contribution is -2.21. The van der Waals surface area contributed by atoms with Gasteiger partial charge in [0.25, 0.3) is 0 Å². The molecule has 1 aromatic carbocycles. The summed E-state index contributed by atoms with van der Waals surface area (Å²) in [5, 5.41) is 9.68. The molecule has 0 spiro atoms. The van der Waals surface area contributed by atoms with E-state index in [2.05, 4.69) is 31.9 Å². The standard InChI is InChI=1S/C9H12Br2N2O2/c1-15-6-2-4(5(13)3-12)7(10)8(11)9(6)14/h2,5,14H,3,12-13H2,1H3/t5-/m1/s1. The zero-order valence-corrected chi connectivity index (χ0v) is 11.3. The van der Waals surface area contributed by atoms with E-state index in [-0.39, 0.29) is 11.8 Å². The Morgan fingerprint density at radius 1 is 1.47 bits per heavy atom. The fraction of sp³-hybridized carbons (Fsp3) is 0.333. The zero-order valence-electron chi connectivity index (χ0n) is 8.13. The van der Waals surface area contributed by atoms with E-state index in [1.807, 2.05) is 0 Å². The van der Waals surface area contributed by atoms with Crippen molar-refractivity contribution in [2.45, 2.75) is 6.04 Å². The molecular weight excluding hydrogens is 328 g/mol. The van der Waals surface area contributed by atoms with E-state index in [4.69, 9.17) is 16.2 Å². The number of phenols is 1. The van der Waals surface area contributed by atoms with Gasteiger partial charge in [0.15, 0.2) is 11.5 Å². The molecule has 0 aliphatic rings. The maximum absolute atomic E-state index is 9.68. The molecule has 0 aliphatic heterocycles. The molecule has 1 atom stereocenters. The molecule has 0 heterocycles. The number of methoxy groups -OCH3 is 1. The third-order valence-electron chi connectivity index (χ3n) is 2.05. The molecule has 0 bridgehead atoms. The van der Waals surface area contributed by atoms with Gasteiger partial charge in [-0.2, -0.15) is 0 Å². The van der Waals surface area contributed by atoms with Gasteiger partial charge in [-0.1, -0.05) is 0 Å². The Hall–Kier alpha value is -0.300. The van der Waals surface area contributed by atoms with Gasteiger partial charge in [0, 0.05) is 17.1 Å². The van der Waals surface area contributed by atoms with Gasteiger partial charge in [0.1, 0.15) is 0 Å². The van der Waals surface area contributed by atoms with Crippen molar-refractivity contribution in [2.75, 3.05) is 13.7 Å². The summed E-state index contributed by atoms with van der Waals surface area (Å²) >= 11 is 6.58. The van der Waals surface area contributed by atoms with Crippen molar-refractivity contribution >= 4 is 31.9 Å². The normalized spacial score (nSPS) is 12.6. The SMILES string of the molecule is COc1cc([C@H](N)CN)c(Br)c(Br)c1O. The zero-order chi connectivity index (χ0) is 11.6. The highest BCUT2D eigenvalue weighted by Crippen LogP contribution is 2.42. The van der Waals surface area contributed by atoms with Crippen LogP contribution in [0, 0.1) is 0 Å². The molecule has 0 amide bonds. The van der Waals surface area contributed by atoms with E-state index >= 15 is 0 Å². The lowest BCUT2D eigenvalue weighted by molar-refractivity contribution is 0.370. The number of aromatic hydroxyl groups is 1. The molecule has 6 heteroatoms. The quantitative estimate of drug-likeness (QED) is 0.785. The summed E-state index contributed by atoms with van der Waals surface area (Å²) in [6, 6.07) is 1.37. The molecular formula is C9H12Br2N2O2. The van der Waals surface area contributed by atoms with Crippen molar-refractivity contribution in [3.8, 4) is 11.5 Å². The molecule has 0 saturated heterocycles. The largest absolute Gasteiger partial charge is 0.503 e. The Kier molecular flexibility index (Phi) is 4.39. The average molecular weight is 340 g/mol. The van der Waals surface area contributed by atoms with Gasteiger partial charge in [0.05, 0.1) is 11.6 Å². The number of ether oxygens (including phenoxy) is 1. The summed E-state index contributed by atoms with van der Waals surface area (Å²) in [6.45, 7) is 0.318. The summed E-state index contributed by atoms with van der Waals surface area (Å²) in [7, 11) is 1.48. The first-order valence-electron chi connectivity index (χ1n) is 4.23. The van der Waals surface area contributed by atoms with Crippen molar-refractivity contribution in [3.63, 3.8) is 0 Å². The molecule has 0 radical (unpaired) electrons. The van der Waals surface area contributed by atoms with Crippen LogP contribution in [0.1, 0.15) is 11.6 Å². The van der Waals surface area contributed by atoms with Gasteiger partial charge >= 0.3 is 0 Å². The molecule has 0 fully saturated rings. The number of benzene rings is 1. The van der Waals surface area contributed by atoms with E-state index in [9.17, 15) is 5.11 Å². The lowest BCUT2D eigenvalue weighted by Gasteiger charge is -2.15. The first kappa shape index (κ1) is 12.8. The molecule has 0 aromatic heterocycles. The monoisotopic (exact) mass is 338 g/mol.